The fourth-order valence-electron chi connectivity index (χ4n) is 2.31. The van der Waals surface area contributed by atoms with Crippen LogP contribution in [0, 0.1) is 11.8 Å². The molecule has 0 amide bonds. The first-order valence-electron chi connectivity index (χ1n) is 6.36. The maximum absolute atomic E-state index is 4.65. The van der Waals surface area contributed by atoms with Gasteiger partial charge in [-0.05, 0) is 56.4 Å². The lowest BCUT2D eigenvalue weighted by molar-refractivity contribution is 0.263. The summed E-state index contributed by atoms with van der Waals surface area (Å²) >= 11 is 4.20. The van der Waals surface area contributed by atoms with E-state index in [2.05, 4.69) is 37.7 Å². The third kappa shape index (κ3) is 5.05. The van der Waals surface area contributed by atoms with Crippen molar-refractivity contribution in [3.8, 4) is 0 Å². The van der Waals surface area contributed by atoms with Crippen LogP contribution in [0.5, 0.6) is 0 Å². The van der Waals surface area contributed by atoms with Crippen molar-refractivity contribution in [1.82, 2.24) is 0 Å². The third-order valence-electron chi connectivity index (χ3n) is 3.57. The first-order chi connectivity index (χ1) is 7.24. The fourth-order valence-corrected chi connectivity index (χ4v) is 2.50. The van der Waals surface area contributed by atoms with Crippen LogP contribution in [0.1, 0.15) is 52.4 Å². The molecule has 1 aliphatic carbocycles. The Labute approximate surface area is 100 Å². The summed E-state index contributed by atoms with van der Waals surface area (Å²) in [6, 6.07) is 0.539. The molecule has 0 heterocycles. The number of unbranched alkanes of at least 4 members (excludes halogenated alkanes) is 1. The van der Waals surface area contributed by atoms with Gasteiger partial charge < -0.3 is 0 Å². The molecule has 0 aliphatic heterocycles. The van der Waals surface area contributed by atoms with Crippen molar-refractivity contribution >= 4 is 18.8 Å². The topological polar surface area (TPSA) is 12.4 Å². The molecule has 1 atom stereocenters. The molecule has 1 aliphatic rings. The Balaban J connectivity index is 2.21. The van der Waals surface area contributed by atoms with Crippen molar-refractivity contribution in [3.63, 3.8) is 0 Å². The van der Waals surface area contributed by atoms with Crippen LogP contribution in [0.25, 0.3) is 0 Å². The number of hydrogen-bond acceptors (Lipinski definition) is 2. The molecule has 1 fully saturated rings. The summed E-state index contributed by atoms with van der Waals surface area (Å²) in [6.07, 6.45) is 9.93. The highest BCUT2D eigenvalue weighted by atomic mass is 32.1. The minimum atomic E-state index is 0.539. The number of aliphatic imine (C=N–C) groups is 1. The number of thiol groups is 1. The second-order valence-electron chi connectivity index (χ2n) is 4.96. The summed E-state index contributed by atoms with van der Waals surface area (Å²) < 4.78 is 0. The standard InChI is InChI=1S/C13H25NS/c1-11-5-7-13(8-6-11)12(2)14-9-3-4-10-15/h9,11-13,15H,3-8,10H2,1-2H3. The lowest BCUT2D eigenvalue weighted by Gasteiger charge is -2.28. The molecule has 88 valence electrons. The SMILES string of the molecule is CC1CCC(C(C)N=CCCCS)CC1. The summed E-state index contributed by atoms with van der Waals surface area (Å²) in [6.45, 7) is 4.65. The maximum Gasteiger partial charge on any atom is 0.0495 e. The molecule has 1 nitrogen and oxygen atoms in total. The highest BCUT2D eigenvalue weighted by Gasteiger charge is 2.22. The summed E-state index contributed by atoms with van der Waals surface area (Å²) in [5.74, 6) is 2.76. The van der Waals surface area contributed by atoms with Gasteiger partial charge in [0.2, 0.25) is 0 Å². The molecular formula is C13H25NS. The van der Waals surface area contributed by atoms with Gasteiger partial charge >= 0.3 is 0 Å². The highest BCUT2D eigenvalue weighted by molar-refractivity contribution is 7.80. The average Bonchev–Trinajstić information content (AvgIpc) is 2.25. The largest absolute Gasteiger partial charge is 0.294 e. The molecule has 0 N–H and O–H groups in total. The molecular weight excluding hydrogens is 202 g/mol. The number of nitrogens with zero attached hydrogens (tertiary/aromatic N) is 1. The Morgan fingerprint density at radius 1 is 1.33 bits per heavy atom. The van der Waals surface area contributed by atoms with Crippen LogP contribution >= 0.6 is 12.6 Å². The van der Waals surface area contributed by atoms with E-state index in [1.54, 1.807) is 0 Å². The van der Waals surface area contributed by atoms with Crippen LogP contribution in [0.4, 0.5) is 0 Å². The minimum Gasteiger partial charge on any atom is -0.294 e. The molecule has 0 saturated heterocycles. The fraction of sp³-hybridized carbons (Fsp3) is 0.923. The summed E-state index contributed by atoms with van der Waals surface area (Å²) in [7, 11) is 0. The highest BCUT2D eigenvalue weighted by Crippen LogP contribution is 2.31. The van der Waals surface area contributed by atoms with E-state index in [-0.39, 0.29) is 0 Å². The lowest BCUT2D eigenvalue weighted by atomic mass is 9.80. The Kier molecular flexibility index (Phi) is 6.39. The van der Waals surface area contributed by atoms with Crippen molar-refractivity contribution in [2.45, 2.75) is 58.4 Å². The van der Waals surface area contributed by atoms with Gasteiger partial charge in [0.15, 0.2) is 0 Å². The quantitative estimate of drug-likeness (QED) is 0.414. The monoisotopic (exact) mass is 227 g/mol. The zero-order chi connectivity index (χ0) is 11.1. The van der Waals surface area contributed by atoms with Crippen molar-refractivity contribution < 1.29 is 0 Å². The van der Waals surface area contributed by atoms with E-state index in [0.717, 1.165) is 30.4 Å². The molecule has 2 heteroatoms. The second-order valence-corrected chi connectivity index (χ2v) is 5.41. The van der Waals surface area contributed by atoms with Gasteiger partial charge in [-0.2, -0.15) is 12.6 Å². The van der Waals surface area contributed by atoms with Gasteiger partial charge in [0.1, 0.15) is 0 Å². The predicted molar refractivity (Wildman–Crippen MR) is 72.2 cm³/mol. The maximum atomic E-state index is 4.65. The Hall–Kier alpha value is 0.0200. The molecule has 0 bridgehead atoms. The second kappa shape index (κ2) is 7.32. The van der Waals surface area contributed by atoms with Crippen molar-refractivity contribution in [3.05, 3.63) is 0 Å². The molecule has 0 spiro atoms. The molecule has 0 radical (unpaired) electrons. The molecule has 1 saturated carbocycles. The Bertz CT molecular complexity index is 183. The molecule has 0 aromatic heterocycles. The third-order valence-corrected chi connectivity index (χ3v) is 3.89. The van der Waals surface area contributed by atoms with Gasteiger partial charge in [-0.3, -0.25) is 4.99 Å². The smallest absolute Gasteiger partial charge is 0.0495 e. The van der Waals surface area contributed by atoms with Crippen LogP contribution in [-0.4, -0.2) is 18.0 Å². The summed E-state index contributed by atoms with van der Waals surface area (Å²) in [4.78, 5) is 4.65. The lowest BCUT2D eigenvalue weighted by Crippen LogP contribution is -2.21. The predicted octanol–water partition coefficient (Wildman–Crippen LogP) is 3.98. The van der Waals surface area contributed by atoms with Crippen LogP contribution in [0.2, 0.25) is 0 Å². The van der Waals surface area contributed by atoms with E-state index in [4.69, 9.17) is 0 Å². The van der Waals surface area contributed by atoms with E-state index in [1.165, 1.54) is 25.7 Å². The summed E-state index contributed by atoms with van der Waals surface area (Å²) in [5.41, 5.74) is 0. The molecule has 15 heavy (non-hydrogen) atoms. The van der Waals surface area contributed by atoms with E-state index >= 15 is 0 Å². The summed E-state index contributed by atoms with van der Waals surface area (Å²) in [5, 5.41) is 0. The number of rotatable bonds is 5. The van der Waals surface area contributed by atoms with Crippen molar-refractivity contribution in [2.24, 2.45) is 16.8 Å². The Morgan fingerprint density at radius 3 is 2.60 bits per heavy atom. The minimum absolute atomic E-state index is 0.539. The molecule has 0 aromatic carbocycles. The van der Waals surface area contributed by atoms with E-state index < -0.39 is 0 Å². The van der Waals surface area contributed by atoms with Crippen LogP contribution in [0.15, 0.2) is 4.99 Å². The van der Waals surface area contributed by atoms with Gasteiger partial charge in [-0.25, -0.2) is 0 Å². The first-order valence-corrected chi connectivity index (χ1v) is 6.99. The van der Waals surface area contributed by atoms with Gasteiger partial charge in [0, 0.05) is 6.04 Å². The van der Waals surface area contributed by atoms with Crippen LogP contribution < -0.4 is 0 Å². The molecule has 1 unspecified atom stereocenters. The zero-order valence-corrected chi connectivity index (χ0v) is 11.0. The van der Waals surface area contributed by atoms with E-state index in [1.807, 2.05) is 0 Å². The first kappa shape index (κ1) is 13.1. The number of hydrogen-bond donors (Lipinski definition) is 1. The van der Waals surface area contributed by atoms with Gasteiger partial charge in [-0.1, -0.05) is 19.8 Å². The van der Waals surface area contributed by atoms with Gasteiger partial charge in [-0.15, -0.1) is 0 Å². The van der Waals surface area contributed by atoms with Crippen molar-refractivity contribution in [2.75, 3.05) is 5.75 Å². The Morgan fingerprint density at radius 2 is 2.00 bits per heavy atom. The van der Waals surface area contributed by atoms with E-state index in [9.17, 15) is 0 Å². The average molecular weight is 227 g/mol. The van der Waals surface area contributed by atoms with Gasteiger partial charge in [0.05, 0.1) is 0 Å². The molecule has 0 aromatic rings. The molecule has 1 rings (SSSR count). The van der Waals surface area contributed by atoms with Crippen molar-refractivity contribution in [1.29, 1.82) is 0 Å². The van der Waals surface area contributed by atoms with E-state index in [0.29, 0.717) is 6.04 Å². The zero-order valence-electron chi connectivity index (χ0n) is 10.2. The van der Waals surface area contributed by atoms with Crippen LogP contribution in [0.3, 0.4) is 0 Å². The van der Waals surface area contributed by atoms with Crippen LogP contribution in [-0.2, 0) is 0 Å². The normalized spacial score (nSPS) is 29.5. The van der Waals surface area contributed by atoms with Gasteiger partial charge in [0.25, 0.3) is 0 Å².